The fourth-order valence-electron chi connectivity index (χ4n) is 2.08. The maximum atomic E-state index is 10.8. The molecule has 1 unspecified atom stereocenters. The Hall–Kier alpha value is -1.39. The highest BCUT2D eigenvalue weighted by Crippen LogP contribution is 2.28. The Morgan fingerprint density at radius 2 is 2.25 bits per heavy atom. The van der Waals surface area contributed by atoms with Crippen LogP contribution in [0.15, 0.2) is 24.3 Å². The first kappa shape index (κ1) is 11.1. The van der Waals surface area contributed by atoms with Crippen LogP contribution < -0.4 is 5.32 Å². The van der Waals surface area contributed by atoms with Crippen LogP contribution in [0.2, 0.25) is 0 Å². The number of carboxylic acids is 1. The summed E-state index contributed by atoms with van der Waals surface area (Å²) in [4.78, 5) is 10.8. The van der Waals surface area contributed by atoms with E-state index in [1.54, 1.807) is 18.2 Å². The summed E-state index contributed by atoms with van der Waals surface area (Å²) in [5.41, 5.74) is -0.0277. The molecule has 0 radical (unpaired) electrons. The Labute approximate surface area is 93.9 Å². The second kappa shape index (κ2) is 4.23. The molecule has 1 saturated heterocycles. The zero-order chi connectivity index (χ0) is 11.6. The highest BCUT2D eigenvalue weighted by Gasteiger charge is 2.31. The summed E-state index contributed by atoms with van der Waals surface area (Å²) in [5.74, 6) is -0.964. The Bertz CT molecular complexity index is 397. The van der Waals surface area contributed by atoms with Crippen LogP contribution in [0, 0.1) is 0 Å². The Kier molecular flexibility index (Phi) is 2.94. The molecule has 86 valence electrons. The summed E-state index contributed by atoms with van der Waals surface area (Å²) < 4.78 is 0. The largest absolute Gasteiger partial charge is 0.478 e. The van der Waals surface area contributed by atoms with Gasteiger partial charge in [-0.05, 0) is 37.1 Å². The third-order valence-electron chi connectivity index (χ3n) is 3.01. The summed E-state index contributed by atoms with van der Waals surface area (Å²) in [6.45, 7) is 1.39. The molecule has 0 aliphatic carbocycles. The van der Waals surface area contributed by atoms with Crippen LogP contribution in [-0.2, 0) is 5.60 Å². The zero-order valence-corrected chi connectivity index (χ0v) is 8.94. The van der Waals surface area contributed by atoms with Crippen molar-refractivity contribution in [2.45, 2.75) is 18.4 Å². The third kappa shape index (κ3) is 2.08. The summed E-state index contributed by atoms with van der Waals surface area (Å²) >= 11 is 0. The number of hydrogen-bond donors (Lipinski definition) is 3. The molecule has 1 heterocycles. The molecule has 2 rings (SSSR count). The van der Waals surface area contributed by atoms with Gasteiger partial charge in [-0.15, -0.1) is 0 Å². The second-order valence-corrected chi connectivity index (χ2v) is 4.20. The Morgan fingerprint density at radius 1 is 1.44 bits per heavy atom. The number of aromatic carboxylic acids is 1. The van der Waals surface area contributed by atoms with E-state index in [2.05, 4.69) is 5.32 Å². The SMILES string of the molecule is O=C(O)c1cccc(C2(O)CCCNC2)c1. The summed E-state index contributed by atoms with van der Waals surface area (Å²) in [7, 11) is 0. The molecule has 0 amide bonds. The third-order valence-corrected chi connectivity index (χ3v) is 3.01. The number of carboxylic acid groups (broad SMARTS) is 1. The molecule has 1 fully saturated rings. The normalized spacial score (nSPS) is 25.3. The molecule has 1 atom stereocenters. The van der Waals surface area contributed by atoms with E-state index in [4.69, 9.17) is 5.11 Å². The van der Waals surface area contributed by atoms with Crippen LogP contribution in [0.25, 0.3) is 0 Å². The highest BCUT2D eigenvalue weighted by molar-refractivity contribution is 5.87. The molecule has 0 saturated carbocycles. The van der Waals surface area contributed by atoms with Gasteiger partial charge in [0.05, 0.1) is 5.56 Å². The van der Waals surface area contributed by atoms with E-state index in [9.17, 15) is 9.90 Å². The van der Waals surface area contributed by atoms with E-state index in [-0.39, 0.29) is 5.56 Å². The molecular weight excluding hydrogens is 206 g/mol. The molecule has 0 bridgehead atoms. The van der Waals surface area contributed by atoms with Gasteiger partial charge in [0.1, 0.15) is 5.60 Å². The summed E-state index contributed by atoms with van der Waals surface area (Å²) in [5, 5.41) is 22.4. The highest BCUT2D eigenvalue weighted by atomic mass is 16.4. The Balaban J connectivity index is 2.31. The van der Waals surface area contributed by atoms with Crippen molar-refractivity contribution < 1.29 is 15.0 Å². The minimum atomic E-state index is -0.964. The van der Waals surface area contributed by atoms with Gasteiger partial charge in [0.15, 0.2) is 0 Å². The number of nitrogens with one attached hydrogen (secondary N) is 1. The van der Waals surface area contributed by atoms with Crippen LogP contribution >= 0.6 is 0 Å². The van der Waals surface area contributed by atoms with Crippen LogP contribution in [0.3, 0.4) is 0 Å². The molecule has 3 N–H and O–H groups in total. The Morgan fingerprint density at radius 3 is 2.88 bits per heavy atom. The molecule has 4 heteroatoms. The number of piperidine rings is 1. The van der Waals surface area contributed by atoms with Gasteiger partial charge in [-0.3, -0.25) is 0 Å². The van der Waals surface area contributed by atoms with E-state index in [0.29, 0.717) is 18.5 Å². The molecular formula is C12H15NO3. The molecule has 0 aromatic heterocycles. The maximum absolute atomic E-state index is 10.8. The van der Waals surface area contributed by atoms with Crippen molar-refractivity contribution in [1.82, 2.24) is 5.32 Å². The van der Waals surface area contributed by atoms with E-state index >= 15 is 0 Å². The van der Waals surface area contributed by atoms with Crippen LogP contribution in [0.5, 0.6) is 0 Å². The minimum absolute atomic E-state index is 0.219. The molecule has 1 aliphatic heterocycles. The number of rotatable bonds is 2. The fraction of sp³-hybridized carbons (Fsp3) is 0.417. The average Bonchev–Trinajstić information content (AvgIpc) is 2.30. The van der Waals surface area contributed by atoms with Gasteiger partial charge in [-0.1, -0.05) is 12.1 Å². The van der Waals surface area contributed by atoms with E-state index in [0.717, 1.165) is 13.0 Å². The van der Waals surface area contributed by atoms with Gasteiger partial charge in [-0.2, -0.15) is 0 Å². The van der Waals surface area contributed by atoms with Crippen LogP contribution in [0.1, 0.15) is 28.8 Å². The van der Waals surface area contributed by atoms with Gasteiger partial charge in [0, 0.05) is 6.54 Å². The van der Waals surface area contributed by atoms with Gasteiger partial charge < -0.3 is 15.5 Å². The number of benzene rings is 1. The minimum Gasteiger partial charge on any atom is -0.478 e. The summed E-state index contributed by atoms with van der Waals surface area (Å²) in [6, 6.07) is 6.53. The molecule has 1 aliphatic rings. The first-order valence-electron chi connectivity index (χ1n) is 5.39. The van der Waals surface area contributed by atoms with Gasteiger partial charge in [0.25, 0.3) is 0 Å². The first-order valence-corrected chi connectivity index (χ1v) is 5.39. The molecule has 16 heavy (non-hydrogen) atoms. The quantitative estimate of drug-likeness (QED) is 0.695. The van der Waals surface area contributed by atoms with Crippen molar-refractivity contribution in [3.63, 3.8) is 0 Å². The lowest BCUT2D eigenvalue weighted by molar-refractivity contribution is 0.0122. The zero-order valence-electron chi connectivity index (χ0n) is 8.94. The second-order valence-electron chi connectivity index (χ2n) is 4.20. The lowest BCUT2D eigenvalue weighted by atomic mass is 9.86. The predicted molar refractivity (Wildman–Crippen MR) is 59.4 cm³/mol. The number of aliphatic hydroxyl groups is 1. The first-order chi connectivity index (χ1) is 7.62. The molecule has 1 aromatic carbocycles. The molecule has 0 spiro atoms. The van der Waals surface area contributed by atoms with Crippen LogP contribution in [0.4, 0.5) is 0 Å². The number of hydrogen-bond acceptors (Lipinski definition) is 3. The average molecular weight is 221 g/mol. The lowest BCUT2D eigenvalue weighted by Gasteiger charge is -2.33. The standard InChI is InChI=1S/C12H15NO3/c14-11(15)9-3-1-4-10(7-9)12(16)5-2-6-13-8-12/h1,3-4,7,13,16H,2,5-6,8H2,(H,14,15). The van der Waals surface area contributed by atoms with Gasteiger partial charge >= 0.3 is 5.97 Å². The van der Waals surface area contributed by atoms with E-state index in [1.165, 1.54) is 6.07 Å². The maximum Gasteiger partial charge on any atom is 0.335 e. The fourth-order valence-corrected chi connectivity index (χ4v) is 2.08. The number of β-amino-alcohol motifs (C(OH)–C–C–N with tert-alkyl or cyclic N) is 1. The van der Waals surface area contributed by atoms with Crippen molar-refractivity contribution in [2.24, 2.45) is 0 Å². The molecule has 1 aromatic rings. The smallest absolute Gasteiger partial charge is 0.335 e. The van der Waals surface area contributed by atoms with Crippen molar-refractivity contribution in [2.75, 3.05) is 13.1 Å². The van der Waals surface area contributed by atoms with Crippen molar-refractivity contribution >= 4 is 5.97 Å². The van der Waals surface area contributed by atoms with Crippen molar-refractivity contribution in [3.05, 3.63) is 35.4 Å². The summed E-state index contributed by atoms with van der Waals surface area (Å²) in [6.07, 6.45) is 1.57. The predicted octanol–water partition coefficient (Wildman–Crippen LogP) is 0.956. The topological polar surface area (TPSA) is 69.6 Å². The monoisotopic (exact) mass is 221 g/mol. The van der Waals surface area contributed by atoms with Crippen molar-refractivity contribution in [1.29, 1.82) is 0 Å². The van der Waals surface area contributed by atoms with E-state index in [1.807, 2.05) is 0 Å². The number of carbonyl (C=O) groups is 1. The van der Waals surface area contributed by atoms with Crippen molar-refractivity contribution in [3.8, 4) is 0 Å². The van der Waals surface area contributed by atoms with Crippen LogP contribution in [-0.4, -0.2) is 29.3 Å². The van der Waals surface area contributed by atoms with Gasteiger partial charge in [0.2, 0.25) is 0 Å². The lowest BCUT2D eigenvalue weighted by Crippen LogP contribution is -2.43. The van der Waals surface area contributed by atoms with E-state index < -0.39 is 11.6 Å². The van der Waals surface area contributed by atoms with Gasteiger partial charge in [-0.25, -0.2) is 4.79 Å². The molecule has 4 nitrogen and oxygen atoms in total.